The minimum atomic E-state index is -4.43. The van der Waals surface area contributed by atoms with Crippen LogP contribution in [0.25, 0.3) is 0 Å². The molecule has 3 aliphatic heterocycles. The van der Waals surface area contributed by atoms with Gasteiger partial charge in [0, 0.05) is 74.9 Å². The molecule has 2 aromatic rings. The predicted molar refractivity (Wildman–Crippen MR) is 159 cm³/mol. The predicted octanol–water partition coefficient (Wildman–Crippen LogP) is 5.35. The van der Waals surface area contributed by atoms with Gasteiger partial charge in [-0.05, 0) is 86.5 Å². The van der Waals surface area contributed by atoms with E-state index >= 15 is 0 Å². The van der Waals surface area contributed by atoms with Gasteiger partial charge in [0.15, 0.2) is 0 Å². The topological polar surface area (TPSA) is 64.2 Å². The Balaban J connectivity index is 1.15. The summed E-state index contributed by atoms with van der Waals surface area (Å²) in [6, 6.07) is 10.1. The Morgan fingerprint density at radius 2 is 1.56 bits per heavy atom. The molecule has 2 unspecified atom stereocenters. The van der Waals surface area contributed by atoms with E-state index in [2.05, 4.69) is 4.90 Å². The van der Waals surface area contributed by atoms with Crippen molar-refractivity contribution < 1.29 is 27.6 Å². The largest absolute Gasteiger partial charge is 0.416 e. The quantitative estimate of drug-likeness (QED) is 0.420. The monoisotopic (exact) mass is 618 g/mol. The average Bonchev–Trinajstić information content (AvgIpc) is 3.55. The van der Waals surface area contributed by atoms with Gasteiger partial charge in [-0.2, -0.15) is 13.2 Å². The van der Waals surface area contributed by atoms with Gasteiger partial charge in [-0.25, -0.2) is 0 Å². The molecule has 0 radical (unpaired) electrons. The SMILES string of the molecule is CC(=O)N1CCC(C(=O)N(CCCN2CC3CN(C(=O)c4ccc(C(F)(F)F)cc4)CC3C2)c2ccc(C)c(Cl)c2)CC1. The summed E-state index contributed by atoms with van der Waals surface area (Å²) in [5, 5.41) is 0.615. The van der Waals surface area contributed by atoms with Crippen molar-refractivity contribution in [3.8, 4) is 0 Å². The van der Waals surface area contributed by atoms with Crippen LogP contribution in [0.3, 0.4) is 0 Å². The van der Waals surface area contributed by atoms with Crippen molar-refractivity contribution in [2.45, 2.75) is 39.3 Å². The molecule has 2 atom stereocenters. The van der Waals surface area contributed by atoms with Crippen LogP contribution in [0.5, 0.6) is 0 Å². The number of piperidine rings is 1. The third-order valence-electron chi connectivity index (χ3n) is 9.19. The molecule has 7 nitrogen and oxygen atoms in total. The lowest BCUT2D eigenvalue weighted by atomic mass is 9.94. The van der Waals surface area contributed by atoms with Crippen LogP contribution < -0.4 is 4.90 Å². The Hall–Kier alpha value is -3.11. The summed E-state index contributed by atoms with van der Waals surface area (Å²) < 4.78 is 38.7. The van der Waals surface area contributed by atoms with Crippen molar-refractivity contribution in [3.05, 3.63) is 64.2 Å². The highest BCUT2D eigenvalue weighted by molar-refractivity contribution is 6.31. The minimum Gasteiger partial charge on any atom is -0.343 e. The van der Waals surface area contributed by atoms with Crippen molar-refractivity contribution in [2.24, 2.45) is 17.8 Å². The number of likely N-dealkylation sites (tertiary alicyclic amines) is 3. The summed E-state index contributed by atoms with van der Waals surface area (Å²) in [7, 11) is 0. The first-order chi connectivity index (χ1) is 20.4. The number of benzene rings is 2. The molecule has 0 bridgehead atoms. The van der Waals surface area contributed by atoms with Gasteiger partial charge in [-0.15, -0.1) is 0 Å². The second-order valence-corrected chi connectivity index (χ2v) is 12.5. The van der Waals surface area contributed by atoms with Gasteiger partial charge in [0.2, 0.25) is 11.8 Å². The van der Waals surface area contributed by atoms with Gasteiger partial charge in [0.05, 0.1) is 5.56 Å². The molecule has 43 heavy (non-hydrogen) atoms. The molecule has 0 saturated carbocycles. The van der Waals surface area contributed by atoms with Crippen molar-refractivity contribution in [1.82, 2.24) is 14.7 Å². The van der Waals surface area contributed by atoms with E-state index in [4.69, 9.17) is 11.6 Å². The highest BCUT2D eigenvalue weighted by atomic mass is 35.5. The molecule has 3 fully saturated rings. The van der Waals surface area contributed by atoms with E-state index in [0.717, 1.165) is 49.4 Å². The molecule has 0 aromatic heterocycles. The maximum Gasteiger partial charge on any atom is 0.416 e. The van der Waals surface area contributed by atoms with Gasteiger partial charge in [0.25, 0.3) is 5.91 Å². The Kier molecular flexibility index (Phi) is 9.37. The third-order valence-corrected chi connectivity index (χ3v) is 9.59. The highest BCUT2D eigenvalue weighted by Crippen LogP contribution is 2.34. The Morgan fingerprint density at radius 3 is 2.12 bits per heavy atom. The maximum absolute atomic E-state index is 13.7. The van der Waals surface area contributed by atoms with Gasteiger partial charge in [0.1, 0.15) is 0 Å². The van der Waals surface area contributed by atoms with Crippen LogP contribution in [0, 0.1) is 24.7 Å². The zero-order valence-electron chi connectivity index (χ0n) is 24.6. The lowest BCUT2D eigenvalue weighted by molar-refractivity contribution is -0.137. The molecule has 3 amide bonds. The molecule has 11 heteroatoms. The summed E-state index contributed by atoms with van der Waals surface area (Å²) >= 11 is 6.43. The van der Waals surface area contributed by atoms with Crippen LogP contribution in [-0.2, 0) is 15.8 Å². The number of carbonyl (C=O) groups is 3. The van der Waals surface area contributed by atoms with E-state index < -0.39 is 11.7 Å². The lowest BCUT2D eigenvalue weighted by Crippen LogP contribution is -2.44. The number of halogens is 4. The first kappa shape index (κ1) is 31.3. The van der Waals surface area contributed by atoms with Crippen molar-refractivity contribution >= 4 is 35.0 Å². The summed E-state index contributed by atoms with van der Waals surface area (Å²) in [6.07, 6.45) is -2.37. The third kappa shape index (κ3) is 7.17. The lowest BCUT2D eigenvalue weighted by Gasteiger charge is -2.34. The van der Waals surface area contributed by atoms with Crippen molar-refractivity contribution in [3.63, 3.8) is 0 Å². The molecule has 3 saturated heterocycles. The van der Waals surface area contributed by atoms with Crippen LogP contribution in [0.15, 0.2) is 42.5 Å². The normalized spacial score (nSPS) is 21.3. The first-order valence-electron chi connectivity index (χ1n) is 14.9. The summed E-state index contributed by atoms with van der Waals surface area (Å²) in [5.41, 5.74) is 1.24. The number of anilines is 1. The maximum atomic E-state index is 13.7. The number of aryl methyl sites for hydroxylation is 1. The first-order valence-corrected chi connectivity index (χ1v) is 15.3. The fraction of sp³-hybridized carbons (Fsp3) is 0.531. The molecule has 0 aliphatic carbocycles. The summed E-state index contributed by atoms with van der Waals surface area (Å²) in [5.74, 6) is 0.371. The van der Waals surface area contributed by atoms with E-state index in [1.165, 1.54) is 12.1 Å². The molecule has 3 aliphatic rings. The molecule has 2 aromatic carbocycles. The van der Waals surface area contributed by atoms with Crippen LogP contribution in [0.2, 0.25) is 5.02 Å². The molecule has 5 rings (SSSR count). The molecule has 3 heterocycles. The average molecular weight is 619 g/mol. The van der Waals surface area contributed by atoms with E-state index in [1.54, 1.807) is 16.7 Å². The summed E-state index contributed by atoms with van der Waals surface area (Å²) in [4.78, 5) is 46.2. The van der Waals surface area contributed by atoms with Gasteiger partial charge >= 0.3 is 6.18 Å². The fourth-order valence-corrected chi connectivity index (χ4v) is 6.83. The van der Waals surface area contributed by atoms with Crippen LogP contribution in [-0.4, -0.2) is 84.8 Å². The molecule has 232 valence electrons. The van der Waals surface area contributed by atoms with E-state index in [-0.39, 0.29) is 29.2 Å². The van der Waals surface area contributed by atoms with E-state index in [1.807, 2.05) is 30.0 Å². The Bertz CT molecular complexity index is 1330. The van der Waals surface area contributed by atoms with Crippen molar-refractivity contribution in [2.75, 3.05) is 57.3 Å². The van der Waals surface area contributed by atoms with E-state index in [0.29, 0.717) is 62.4 Å². The van der Waals surface area contributed by atoms with Gasteiger partial charge < -0.3 is 19.6 Å². The fourth-order valence-electron chi connectivity index (χ4n) is 6.65. The number of hydrogen-bond donors (Lipinski definition) is 0. The Labute approximate surface area is 255 Å². The number of amides is 3. The molecular formula is C32H38ClF3N4O3. The van der Waals surface area contributed by atoms with Crippen LogP contribution in [0.1, 0.15) is 47.7 Å². The summed E-state index contributed by atoms with van der Waals surface area (Å²) in [6.45, 7) is 8.89. The van der Waals surface area contributed by atoms with Crippen LogP contribution >= 0.6 is 11.6 Å². The second kappa shape index (κ2) is 12.9. The number of hydrogen-bond acceptors (Lipinski definition) is 4. The zero-order valence-corrected chi connectivity index (χ0v) is 25.3. The molecule has 0 spiro atoms. The molecular weight excluding hydrogens is 581 g/mol. The standard InChI is InChI=1S/C32H38ClF3N4O3/c1-21-4-9-28(16-29(21)33)40(31(43)24-10-14-38(15-11-24)22(2)41)13-3-12-37-17-25-19-39(20-26(25)18-37)30(42)23-5-7-27(8-6-23)32(34,35)36/h4-9,16,24-26H,3,10-15,17-20H2,1-2H3. The van der Waals surface area contributed by atoms with Crippen LogP contribution in [0.4, 0.5) is 18.9 Å². The number of nitrogens with zero attached hydrogens (tertiary/aromatic N) is 4. The highest BCUT2D eigenvalue weighted by Gasteiger charge is 2.42. The second-order valence-electron chi connectivity index (χ2n) is 12.1. The zero-order chi connectivity index (χ0) is 30.9. The minimum absolute atomic E-state index is 0.0375. The smallest absolute Gasteiger partial charge is 0.343 e. The van der Waals surface area contributed by atoms with Gasteiger partial charge in [-0.3, -0.25) is 14.4 Å². The number of carbonyl (C=O) groups excluding carboxylic acids is 3. The van der Waals surface area contributed by atoms with Gasteiger partial charge in [-0.1, -0.05) is 17.7 Å². The van der Waals surface area contributed by atoms with E-state index in [9.17, 15) is 27.6 Å². The Morgan fingerprint density at radius 1 is 0.930 bits per heavy atom. The van der Waals surface area contributed by atoms with Crippen molar-refractivity contribution in [1.29, 1.82) is 0 Å². The number of rotatable bonds is 7. The number of alkyl halides is 3. The molecule has 0 N–H and O–H groups in total. The number of fused-ring (bicyclic) bond motifs is 1.